The van der Waals surface area contributed by atoms with Crippen molar-refractivity contribution in [2.75, 3.05) is 25.0 Å². The third-order valence-electron chi connectivity index (χ3n) is 5.89. The van der Waals surface area contributed by atoms with Crippen LogP contribution in [0.2, 0.25) is 0 Å². The second-order valence-corrected chi connectivity index (χ2v) is 7.77. The predicted molar refractivity (Wildman–Crippen MR) is 113 cm³/mol. The molecule has 1 fully saturated rings. The van der Waals surface area contributed by atoms with Crippen LogP contribution in [0.25, 0.3) is 10.9 Å². The number of para-hydroxylation sites is 1. The van der Waals surface area contributed by atoms with Gasteiger partial charge in [-0.15, -0.1) is 0 Å². The first-order valence-electron chi connectivity index (χ1n) is 10.2. The average molecular weight is 388 g/mol. The number of aromatic amines is 1. The van der Waals surface area contributed by atoms with Gasteiger partial charge in [-0.25, -0.2) is 0 Å². The first-order chi connectivity index (χ1) is 14.2. The molecule has 0 saturated carbocycles. The van der Waals surface area contributed by atoms with Crippen LogP contribution >= 0.6 is 0 Å². The number of carbonyl (C=O) groups is 2. The Hall–Kier alpha value is -3.12. The molecule has 2 aromatic carbocycles. The van der Waals surface area contributed by atoms with Crippen molar-refractivity contribution in [1.82, 2.24) is 15.2 Å². The Bertz CT molecular complexity index is 1080. The molecule has 5 rings (SSSR count). The van der Waals surface area contributed by atoms with Gasteiger partial charge in [-0.2, -0.15) is 0 Å². The number of carbonyl (C=O) groups excluding carboxylic acids is 2. The Morgan fingerprint density at radius 3 is 2.72 bits per heavy atom. The van der Waals surface area contributed by atoms with Gasteiger partial charge in [-0.3, -0.25) is 9.59 Å². The van der Waals surface area contributed by atoms with Crippen molar-refractivity contribution < 1.29 is 9.59 Å². The topological polar surface area (TPSA) is 77.2 Å². The van der Waals surface area contributed by atoms with Gasteiger partial charge in [0.05, 0.1) is 0 Å². The number of nitrogens with zero attached hydrogens (tertiary/aromatic N) is 1. The van der Waals surface area contributed by atoms with E-state index in [-0.39, 0.29) is 11.8 Å². The third kappa shape index (κ3) is 3.29. The Morgan fingerprint density at radius 2 is 1.86 bits per heavy atom. The number of hydrogen-bond acceptors (Lipinski definition) is 3. The Labute approximate surface area is 169 Å². The molecule has 1 aromatic heterocycles. The molecule has 6 nitrogen and oxygen atoms in total. The molecular weight excluding hydrogens is 364 g/mol. The molecule has 6 heteroatoms. The highest BCUT2D eigenvalue weighted by Crippen LogP contribution is 2.30. The molecule has 3 N–H and O–H groups in total. The number of hydrogen-bond donors (Lipinski definition) is 3. The van der Waals surface area contributed by atoms with Gasteiger partial charge in [0.15, 0.2) is 0 Å². The molecular formula is C23H24N4O2. The largest absolute Gasteiger partial charge is 0.356 e. The Morgan fingerprint density at radius 1 is 1.03 bits per heavy atom. The molecule has 3 aromatic rings. The van der Waals surface area contributed by atoms with E-state index in [0.29, 0.717) is 11.3 Å². The van der Waals surface area contributed by atoms with Crippen LogP contribution in [0.1, 0.15) is 40.5 Å². The maximum Gasteiger partial charge on any atom is 0.253 e. The zero-order chi connectivity index (χ0) is 19.8. The summed E-state index contributed by atoms with van der Waals surface area (Å²) >= 11 is 0. The van der Waals surface area contributed by atoms with E-state index in [4.69, 9.17) is 0 Å². The van der Waals surface area contributed by atoms with Crippen molar-refractivity contribution in [3.05, 3.63) is 65.4 Å². The van der Waals surface area contributed by atoms with Gasteiger partial charge in [0.2, 0.25) is 5.91 Å². The summed E-state index contributed by atoms with van der Waals surface area (Å²) in [5.41, 5.74) is 4.45. The highest BCUT2D eigenvalue weighted by atomic mass is 16.2. The minimum atomic E-state index is -0.441. The van der Waals surface area contributed by atoms with E-state index in [1.54, 1.807) is 6.07 Å². The summed E-state index contributed by atoms with van der Waals surface area (Å²) in [7, 11) is 0. The second kappa shape index (κ2) is 7.37. The van der Waals surface area contributed by atoms with E-state index >= 15 is 0 Å². The number of benzene rings is 2. The van der Waals surface area contributed by atoms with Gasteiger partial charge < -0.3 is 20.5 Å². The lowest BCUT2D eigenvalue weighted by Gasteiger charge is -2.23. The number of H-pyrrole nitrogens is 1. The van der Waals surface area contributed by atoms with Gasteiger partial charge in [0.1, 0.15) is 6.04 Å². The Kier molecular flexibility index (Phi) is 4.56. The fraction of sp³-hybridized carbons (Fsp3) is 0.304. The van der Waals surface area contributed by atoms with Crippen LogP contribution < -0.4 is 10.6 Å². The second-order valence-electron chi connectivity index (χ2n) is 7.77. The molecule has 0 bridgehead atoms. The summed E-state index contributed by atoms with van der Waals surface area (Å²) in [5, 5.41) is 7.49. The number of anilines is 1. The number of rotatable bonds is 3. The van der Waals surface area contributed by atoms with Crippen LogP contribution in [0, 0.1) is 0 Å². The van der Waals surface area contributed by atoms with E-state index < -0.39 is 6.04 Å². The summed E-state index contributed by atoms with van der Waals surface area (Å²) in [6, 6.07) is 14.9. The minimum absolute atomic E-state index is 0.0345. The summed E-state index contributed by atoms with van der Waals surface area (Å²) in [6.45, 7) is 2.37. The van der Waals surface area contributed by atoms with E-state index in [2.05, 4.69) is 21.7 Å². The molecule has 148 valence electrons. The van der Waals surface area contributed by atoms with Crippen LogP contribution in [-0.2, 0) is 11.2 Å². The maximum absolute atomic E-state index is 13.1. The van der Waals surface area contributed by atoms with Crippen molar-refractivity contribution in [3.63, 3.8) is 0 Å². The summed E-state index contributed by atoms with van der Waals surface area (Å²) < 4.78 is 0. The average Bonchev–Trinajstić information content (AvgIpc) is 3.41. The molecule has 1 unspecified atom stereocenters. The molecule has 1 atom stereocenters. The van der Waals surface area contributed by atoms with Crippen LogP contribution in [0.5, 0.6) is 0 Å². The molecule has 2 amide bonds. The maximum atomic E-state index is 13.1. The monoisotopic (exact) mass is 388 g/mol. The van der Waals surface area contributed by atoms with Gasteiger partial charge in [0, 0.05) is 47.5 Å². The molecule has 3 heterocycles. The summed E-state index contributed by atoms with van der Waals surface area (Å²) in [4.78, 5) is 31.0. The number of amides is 2. The van der Waals surface area contributed by atoms with Crippen molar-refractivity contribution in [2.45, 2.75) is 25.3 Å². The first-order valence-corrected chi connectivity index (χ1v) is 10.2. The fourth-order valence-corrected chi connectivity index (χ4v) is 4.45. The fourth-order valence-electron chi connectivity index (χ4n) is 4.45. The van der Waals surface area contributed by atoms with Crippen molar-refractivity contribution in [2.24, 2.45) is 0 Å². The highest BCUT2D eigenvalue weighted by Gasteiger charge is 2.29. The number of fused-ring (bicyclic) bond motifs is 3. The lowest BCUT2D eigenvalue weighted by atomic mass is 9.98. The predicted octanol–water partition coefficient (Wildman–Crippen LogP) is 3.23. The van der Waals surface area contributed by atoms with Crippen LogP contribution in [0.15, 0.2) is 48.5 Å². The SMILES string of the molecule is O=C(Nc1cccc(C(=O)N2CCCC2)c1)C1NCCc2c1[nH]c1ccccc21. The molecule has 0 radical (unpaired) electrons. The van der Waals surface area contributed by atoms with Gasteiger partial charge in [-0.1, -0.05) is 24.3 Å². The zero-order valence-electron chi connectivity index (χ0n) is 16.2. The van der Waals surface area contributed by atoms with Crippen molar-refractivity contribution in [3.8, 4) is 0 Å². The van der Waals surface area contributed by atoms with Crippen molar-refractivity contribution in [1.29, 1.82) is 0 Å². The molecule has 0 aliphatic carbocycles. The highest BCUT2D eigenvalue weighted by molar-refractivity contribution is 6.00. The van der Waals surface area contributed by atoms with Gasteiger partial charge in [-0.05, 0) is 49.1 Å². The molecule has 1 saturated heterocycles. The van der Waals surface area contributed by atoms with E-state index in [1.165, 1.54) is 10.9 Å². The molecule has 2 aliphatic rings. The van der Waals surface area contributed by atoms with Crippen molar-refractivity contribution >= 4 is 28.4 Å². The van der Waals surface area contributed by atoms with Gasteiger partial charge >= 0.3 is 0 Å². The lowest BCUT2D eigenvalue weighted by molar-refractivity contribution is -0.118. The summed E-state index contributed by atoms with van der Waals surface area (Å²) in [6.07, 6.45) is 3.01. The normalized spacial score (nSPS) is 18.6. The first kappa shape index (κ1) is 17.9. The number of likely N-dealkylation sites (tertiary alicyclic amines) is 1. The van der Waals surface area contributed by atoms with Gasteiger partial charge in [0.25, 0.3) is 5.91 Å². The zero-order valence-corrected chi connectivity index (χ0v) is 16.2. The Balaban J connectivity index is 1.38. The van der Waals surface area contributed by atoms with Crippen LogP contribution in [0.4, 0.5) is 5.69 Å². The molecule has 0 spiro atoms. The van der Waals surface area contributed by atoms with Crippen LogP contribution in [-0.4, -0.2) is 41.3 Å². The third-order valence-corrected chi connectivity index (χ3v) is 5.89. The smallest absolute Gasteiger partial charge is 0.253 e. The van der Waals surface area contributed by atoms with Crippen LogP contribution in [0.3, 0.4) is 0 Å². The minimum Gasteiger partial charge on any atom is -0.356 e. The van der Waals surface area contributed by atoms with E-state index in [0.717, 1.165) is 50.1 Å². The quantitative estimate of drug-likeness (QED) is 0.645. The standard InChI is InChI=1S/C23H24N4O2/c28-22(21-20-18(10-11-24-21)17-8-1-2-9-19(17)26-20)25-16-7-5-6-15(14-16)23(29)27-12-3-4-13-27/h1-2,5-9,14,21,24,26H,3-4,10-13H2,(H,25,28). The lowest BCUT2D eigenvalue weighted by Crippen LogP contribution is -2.38. The summed E-state index contributed by atoms with van der Waals surface area (Å²) in [5.74, 6) is -0.0874. The van der Waals surface area contributed by atoms with E-state index in [9.17, 15) is 9.59 Å². The molecule has 29 heavy (non-hydrogen) atoms. The number of nitrogens with one attached hydrogen (secondary N) is 3. The van der Waals surface area contributed by atoms with E-state index in [1.807, 2.05) is 41.3 Å². The molecule has 2 aliphatic heterocycles. The number of aromatic nitrogens is 1.